The van der Waals surface area contributed by atoms with E-state index in [4.69, 9.17) is 9.40 Å². The summed E-state index contributed by atoms with van der Waals surface area (Å²) >= 11 is 0. The molecule has 0 amide bonds. The van der Waals surface area contributed by atoms with E-state index < -0.39 is 0 Å². The molecule has 0 fully saturated rings. The van der Waals surface area contributed by atoms with Crippen molar-refractivity contribution >= 4 is 11.0 Å². The lowest BCUT2D eigenvalue weighted by molar-refractivity contribution is 0.509. The number of imidazole rings is 1. The summed E-state index contributed by atoms with van der Waals surface area (Å²) in [5.41, 5.74) is 3.45. The molecule has 0 bridgehead atoms. The van der Waals surface area contributed by atoms with Crippen LogP contribution in [0.3, 0.4) is 0 Å². The minimum Gasteiger partial charge on any atom is -0.472 e. The van der Waals surface area contributed by atoms with Gasteiger partial charge in [0, 0.05) is 24.6 Å². The van der Waals surface area contributed by atoms with Crippen molar-refractivity contribution in [2.24, 2.45) is 0 Å². The third kappa shape index (κ3) is 2.72. The second-order valence-electron chi connectivity index (χ2n) is 5.13. The maximum Gasteiger partial charge on any atom is 0.111 e. The number of hydrogen-bond acceptors (Lipinski definition) is 3. The molecular formula is C17H21N3O. The van der Waals surface area contributed by atoms with Crippen molar-refractivity contribution in [2.45, 2.75) is 32.9 Å². The van der Waals surface area contributed by atoms with Crippen LogP contribution in [0.4, 0.5) is 0 Å². The van der Waals surface area contributed by atoms with E-state index in [9.17, 15) is 0 Å². The molecule has 0 aliphatic rings. The van der Waals surface area contributed by atoms with Gasteiger partial charge in [0.25, 0.3) is 0 Å². The summed E-state index contributed by atoms with van der Waals surface area (Å²) in [4.78, 5) is 4.81. The Labute approximate surface area is 124 Å². The highest BCUT2D eigenvalue weighted by molar-refractivity contribution is 5.75. The molecule has 21 heavy (non-hydrogen) atoms. The predicted octanol–water partition coefficient (Wildman–Crippen LogP) is 3.54. The fraction of sp³-hybridized carbons (Fsp3) is 0.353. The summed E-state index contributed by atoms with van der Waals surface area (Å²) < 4.78 is 7.52. The standard InChI is InChI=1S/C17H21N3O/c1-3-18-15(13-9-10-21-12-13)11-17-19-14-7-5-6-8-16(14)20(17)4-2/h5-10,12,15,18H,3-4,11H2,1-2H3. The van der Waals surface area contributed by atoms with E-state index in [-0.39, 0.29) is 6.04 Å². The van der Waals surface area contributed by atoms with E-state index in [2.05, 4.69) is 41.9 Å². The van der Waals surface area contributed by atoms with Crippen LogP contribution in [0, 0.1) is 0 Å². The zero-order chi connectivity index (χ0) is 14.7. The van der Waals surface area contributed by atoms with Gasteiger partial charge in [-0.2, -0.15) is 0 Å². The molecule has 2 heterocycles. The summed E-state index contributed by atoms with van der Waals surface area (Å²) in [6.45, 7) is 6.13. The first-order valence-corrected chi connectivity index (χ1v) is 7.53. The van der Waals surface area contributed by atoms with Gasteiger partial charge in [-0.15, -0.1) is 0 Å². The van der Waals surface area contributed by atoms with Crippen LogP contribution in [0.25, 0.3) is 11.0 Å². The highest BCUT2D eigenvalue weighted by Gasteiger charge is 2.17. The monoisotopic (exact) mass is 283 g/mol. The van der Waals surface area contributed by atoms with Gasteiger partial charge < -0.3 is 14.3 Å². The van der Waals surface area contributed by atoms with Gasteiger partial charge in [0.2, 0.25) is 0 Å². The maximum atomic E-state index is 5.23. The van der Waals surface area contributed by atoms with Crippen LogP contribution in [0.15, 0.2) is 47.3 Å². The van der Waals surface area contributed by atoms with E-state index in [1.807, 2.05) is 18.4 Å². The summed E-state index contributed by atoms with van der Waals surface area (Å²) in [7, 11) is 0. The van der Waals surface area contributed by atoms with E-state index in [0.29, 0.717) is 0 Å². The molecule has 0 aliphatic heterocycles. The van der Waals surface area contributed by atoms with Gasteiger partial charge in [0.15, 0.2) is 0 Å². The quantitative estimate of drug-likeness (QED) is 0.752. The molecule has 2 aromatic heterocycles. The van der Waals surface area contributed by atoms with Crippen molar-refractivity contribution in [3.8, 4) is 0 Å². The molecule has 3 aromatic rings. The Morgan fingerprint density at radius 1 is 1.24 bits per heavy atom. The van der Waals surface area contributed by atoms with Crippen molar-refractivity contribution in [1.29, 1.82) is 0 Å². The average Bonchev–Trinajstić information content (AvgIpc) is 3.14. The number of furan rings is 1. The van der Waals surface area contributed by atoms with E-state index >= 15 is 0 Å². The number of aromatic nitrogens is 2. The van der Waals surface area contributed by atoms with Gasteiger partial charge in [-0.05, 0) is 31.7 Å². The molecule has 4 nitrogen and oxygen atoms in total. The largest absolute Gasteiger partial charge is 0.472 e. The van der Waals surface area contributed by atoms with E-state index in [1.54, 1.807) is 6.26 Å². The Morgan fingerprint density at radius 3 is 2.81 bits per heavy atom. The zero-order valence-corrected chi connectivity index (χ0v) is 12.5. The van der Waals surface area contributed by atoms with Crippen molar-refractivity contribution in [3.63, 3.8) is 0 Å². The smallest absolute Gasteiger partial charge is 0.111 e. The molecule has 0 radical (unpaired) electrons. The first-order chi connectivity index (χ1) is 10.3. The summed E-state index contributed by atoms with van der Waals surface area (Å²) in [6, 6.07) is 10.6. The van der Waals surface area contributed by atoms with Gasteiger partial charge in [0.1, 0.15) is 5.82 Å². The minimum absolute atomic E-state index is 0.232. The lowest BCUT2D eigenvalue weighted by atomic mass is 10.1. The maximum absolute atomic E-state index is 5.23. The summed E-state index contributed by atoms with van der Waals surface area (Å²) in [5.74, 6) is 1.12. The number of hydrogen-bond donors (Lipinski definition) is 1. The van der Waals surface area contributed by atoms with E-state index in [1.165, 1.54) is 11.1 Å². The number of aryl methyl sites for hydroxylation is 1. The molecule has 4 heteroatoms. The third-order valence-electron chi connectivity index (χ3n) is 3.83. The molecular weight excluding hydrogens is 262 g/mol. The Hall–Kier alpha value is -2.07. The van der Waals surface area contributed by atoms with Gasteiger partial charge in [-0.25, -0.2) is 4.98 Å². The summed E-state index contributed by atoms with van der Waals surface area (Å²) in [6.07, 6.45) is 4.39. The first kappa shape index (κ1) is 13.9. The molecule has 0 saturated carbocycles. The summed E-state index contributed by atoms with van der Waals surface area (Å²) in [5, 5.41) is 3.52. The molecule has 1 unspecified atom stereocenters. The van der Waals surface area contributed by atoms with Crippen LogP contribution in [0.1, 0.15) is 31.3 Å². The number of rotatable bonds is 6. The molecule has 0 spiro atoms. The van der Waals surface area contributed by atoms with Gasteiger partial charge in [-0.3, -0.25) is 0 Å². The lowest BCUT2D eigenvalue weighted by Gasteiger charge is -2.16. The number of likely N-dealkylation sites (N-methyl/N-ethyl adjacent to an activating group) is 1. The molecule has 3 rings (SSSR count). The van der Waals surface area contributed by atoms with Crippen molar-refractivity contribution in [3.05, 3.63) is 54.2 Å². The van der Waals surface area contributed by atoms with Gasteiger partial charge >= 0.3 is 0 Å². The first-order valence-electron chi connectivity index (χ1n) is 7.53. The highest BCUT2D eigenvalue weighted by atomic mass is 16.3. The number of nitrogens with one attached hydrogen (secondary N) is 1. The van der Waals surface area contributed by atoms with Crippen molar-refractivity contribution in [1.82, 2.24) is 14.9 Å². The SMILES string of the molecule is CCNC(Cc1nc2ccccc2n1CC)c1ccoc1. The second-order valence-corrected chi connectivity index (χ2v) is 5.13. The Kier molecular flexibility index (Phi) is 4.06. The van der Waals surface area contributed by atoms with Crippen LogP contribution in [-0.4, -0.2) is 16.1 Å². The van der Waals surface area contributed by atoms with Crippen LogP contribution in [0.5, 0.6) is 0 Å². The minimum atomic E-state index is 0.232. The third-order valence-corrected chi connectivity index (χ3v) is 3.83. The van der Waals surface area contributed by atoms with Crippen molar-refractivity contribution in [2.75, 3.05) is 6.54 Å². The molecule has 1 aromatic carbocycles. The second kappa shape index (κ2) is 6.14. The fourth-order valence-corrected chi connectivity index (χ4v) is 2.84. The van der Waals surface area contributed by atoms with Crippen LogP contribution in [-0.2, 0) is 13.0 Å². The number of nitrogens with zero attached hydrogens (tertiary/aromatic N) is 2. The van der Waals surface area contributed by atoms with Gasteiger partial charge in [-0.1, -0.05) is 19.1 Å². The molecule has 0 saturated heterocycles. The Bertz CT molecular complexity index is 700. The zero-order valence-electron chi connectivity index (χ0n) is 12.5. The van der Waals surface area contributed by atoms with Crippen molar-refractivity contribution < 1.29 is 4.42 Å². The molecule has 1 atom stereocenters. The lowest BCUT2D eigenvalue weighted by Crippen LogP contribution is -2.24. The highest BCUT2D eigenvalue weighted by Crippen LogP contribution is 2.22. The van der Waals surface area contributed by atoms with Crippen LogP contribution < -0.4 is 5.32 Å². The Morgan fingerprint density at radius 2 is 2.10 bits per heavy atom. The average molecular weight is 283 g/mol. The van der Waals surface area contributed by atoms with E-state index in [0.717, 1.165) is 30.9 Å². The van der Waals surface area contributed by atoms with Gasteiger partial charge in [0.05, 0.1) is 23.6 Å². The normalized spacial score (nSPS) is 12.9. The predicted molar refractivity (Wildman–Crippen MR) is 84.2 cm³/mol. The molecule has 0 aliphatic carbocycles. The number of benzene rings is 1. The van der Waals surface area contributed by atoms with Crippen LogP contribution in [0.2, 0.25) is 0 Å². The Balaban J connectivity index is 1.95. The fourth-order valence-electron chi connectivity index (χ4n) is 2.84. The molecule has 1 N–H and O–H groups in total. The molecule has 110 valence electrons. The number of para-hydroxylation sites is 2. The van der Waals surface area contributed by atoms with Crippen LogP contribution >= 0.6 is 0 Å². The topological polar surface area (TPSA) is 43.0 Å². The number of fused-ring (bicyclic) bond motifs is 1.